The standard InChI is InChI=1S/C31H36F3N3O4S/c1-5-23(3)35-30(39)28(18-24-10-7-6-8-11-24)36(20-25-16-14-22(2)15-17-25)29(38)21-37(42(4,40)41)27-13-9-12-26(19-27)31(32,33)34/h6-17,19,23,28H,5,18,20-21H2,1-4H3,(H,35,39)/t23-,28+/m0/s1. The van der Waals surface area contributed by atoms with Crippen LogP contribution in [-0.4, -0.2) is 50.0 Å². The number of hydrogen-bond acceptors (Lipinski definition) is 4. The fourth-order valence-corrected chi connectivity index (χ4v) is 5.18. The van der Waals surface area contributed by atoms with Gasteiger partial charge in [0.25, 0.3) is 0 Å². The van der Waals surface area contributed by atoms with Gasteiger partial charge < -0.3 is 10.2 Å². The monoisotopic (exact) mass is 603 g/mol. The largest absolute Gasteiger partial charge is 0.416 e. The van der Waals surface area contributed by atoms with Crippen molar-refractivity contribution in [2.24, 2.45) is 0 Å². The van der Waals surface area contributed by atoms with Crippen molar-refractivity contribution >= 4 is 27.5 Å². The SMILES string of the molecule is CC[C@H](C)NC(=O)[C@@H](Cc1ccccc1)N(Cc1ccc(C)cc1)C(=O)CN(c1cccc(C(F)(F)F)c1)S(C)(=O)=O. The van der Waals surface area contributed by atoms with Crippen molar-refractivity contribution in [3.8, 4) is 0 Å². The second-order valence-electron chi connectivity index (χ2n) is 10.3. The molecule has 0 aliphatic rings. The van der Waals surface area contributed by atoms with E-state index in [4.69, 9.17) is 0 Å². The van der Waals surface area contributed by atoms with Gasteiger partial charge in [0.15, 0.2) is 0 Å². The first-order chi connectivity index (χ1) is 19.7. The molecule has 0 bridgehead atoms. The highest BCUT2D eigenvalue weighted by atomic mass is 32.2. The molecule has 0 heterocycles. The second kappa shape index (κ2) is 13.9. The molecule has 226 valence electrons. The van der Waals surface area contributed by atoms with E-state index in [0.29, 0.717) is 22.4 Å². The highest BCUT2D eigenvalue weighted by molar-refractivity contribution is 7.92. The Labute approximate surface area is 245 Å². The molecule has 0 radical (unpaired) electrons. The van der Waals surface area contributed by atoms with Crippen LogP contribution in [0.3, 0.4) is 0 Å². The van der Waals surface area contributed by atoms with Gasteiger partial charge in [-0.3, -0.25) is 13.9 Å². The van der Waals surface area contributed by atoms with Crippen LogP contribution in [0.15, 0.2) is 78.9 Å². The van der Waals surface area contributed by atoms with Gasteiger partial charge in [0, 0.05) is 19.0 Å². The van der Waals surface area contributed by atoms with Crippen LogP contribution in [0.5, 0.6) is 0 Å². The Morgan fingerprint density at radius 1 is 0.929 bits per heavy atom. The Balaban J connectivity index is 2.08. The summed E-state index contributed by atoms with van der Waals surface area (Å²) in [4.78, 5) is 29.0. The smallest absolute Gasteiger partial charge is 0.352 e. The van der Waals surface area contributed by atoms with Gasteiger partial charge in [-0.05, 0) is 49.6 Å². The minimum atomic E-state index is -4.71. The van der Waals surface area contributed by atoms with E-state index in [9.17, 15) is 31.2 Å². The highest BCUT2D eigenvalue weighted by Crippen LogP contribution is 2.32. The van der Waals surface area contributed by atoms with Gasteiger partial charge in [0.1, 0.15) is 12.6 Å². The number of amides is 2. The van der Waals surface area contributed by atoms with Crippen LogP contribution in [0, 0.1) is 6.92 Å². The number of nitrogens with zero attached hydrogens (tertiary/aromatic N) is 2. The molecule has 2 atom stereocenters. The van der Waals surface area contributed by atoms with Crippen molar-refractivity contribution in [1.29, 1.82) is 0 Å². The minimum Gasteiger partial charge on any atom is -0.352 e. The fraction of sp³-hybridized carbons (Fsp3) is 0.355. The van der Waals surface area contributed by atoms with E-state index in [1.807, 2.05) is 75.4 Å². The van der Waals surface area contributed by atoms with Crippen LogP contribution in [-0.2, 0) is 38.8 Å². The van der Waals surface area contributed by atoms with E-state index < -0.39 is 46.2 Å². The number of rotatable bonds is 12. The topological polar surface area (TPSA) is 86.8 Å². The summed E-state index contributed by atoms with van der Waals surface area (Å²) in [7, 11) is -4.20. The summed E-state index contributed by atoms with van der Waals surface area (Å²) >= 11 is 0. The lowest BCUT2D eigenvalue weighted by atomic mass is 10.0. The Hall–Kier alpha value is -3.86. The molecule has 0 fully saturated rings. The molecular weight excluding hydrogens is 567 g/mol. The number of aryl methyl sites for hydroxylation is 1. The van der Waals surface area contributed by atoms with Gasteiger partial charge in [-0.25, -0.2) is 8.42 Å². The van der Waals surface area contributed by atoms with Gasteiger partial charge in [-0.15, -0.1) is 0 Å². The number of carbonyl (C=O) groups is 2. The number of carbonyl (C=O) groups excluding carboxylic acids is 2. The van der Waals surface area contributed by atoms with Gasteiger partial charge in [0.05, 0.1) is 17.5 Å². The maximum absolute atomic E-state index is 14.0. The van der Waals surface area contributed by atoms with Crippen molar-refractivity contribution in [1.82, 2.24) is 10.2 Å². The number of benzene rings is 3. The molecule has 0 unspecified atom stereocenters. The van der Waals surface area contributed by atoms with Crippen molar-refractivity contribution in [2.45, 2.75) is 58.4 Å². The van der Waals surface area contributed by atoms with Crippen molar-refractivity contribution < 1.29 is 31.2 Å². The fourth-order valence-electron chi connectivity index (χ4n) is 4.34. The van der Waals surface area contributed by atoms with E-state index in [1.165, 1.54) is 11.0 Å². The number of anilines is 1. The third-order valence-corrected chi connectivity index (χ3v) is 8.03. The molecule has 3 rings (SSSR count). The zero-order chi connectivity index (χ0) is 31.1. The summed E-state index contributed by atoms with van der Waals surface area (Å²) in [6, 6.07) is 19.0. The third-order valence-electron chi connectivity index (χ3n) is 6.89. The normalized spacial score (nSPS) is 13.2. The van der Waals surface area contributed by atoms with Crippen molar-refractivity contribution in [3.63, 3.8) is 0 Å². The number of sulfonamides is 1. The van der Waals surface area contributed by atoms with Crippen LogP contribution >= 0.6 is 0 Å². The third kappa shape index (κ3) is 9.07. The average Bonchev–Trinajstić information content (AvgIpc) is 2.93. The van der Waals surface area contributed by atoms with E-state index in [-0.39, 0.29) is 24.7 Å². The Morgan fingerprint density at radius 2 is 1.57 bits per heavy atom. The van der Waals surface area contributed by atoms with Crippen LogP contribution in [0.1, 0.15) is 42.5 Å². The van der Waals surface area contributed by atoms with Gasteiger partial charge in [-0.1, -0.05) is 73.2 Å². The molecule has 0 saturated heterocycles. The molecule has 1 N–H and O–H groups in total. The van der Waals surface area contributed by atoms with E-state index in [1.54, 1.807) is 0 Å². The predicted octanol–water partition coefficient (Wildman–Crippen LogP) is 5.33. The summed E-state index contributed by atoms with van der Waals surface area (Å²) in [6.07, 6.45) is -3.10. The molecule has 0 saturated carbocycles. The lowest BCUT2D eigenvalue weighted by Crippen LogP contribution is -2.54. The Kier molecular flexibility index (Phi) is 10.8. The summed E-state index contributed by atoms with van der Waals surface area (Å²) in [5.41, 5.74) is 1.11. The van der Waals surface area contributed by atoms with Crippen LogP contribution in [0.2, 0.25) is 0 Å². The number of alkyl halides is 3. The Morgan fingerprint density at radius 3 is 2.14 bits per heavy atom. The van der Waals surface area contributed by atoms with E-state index in [2.05, 4.69) is 5.32 Å². The zero-order valence-electron chi connectivity index (χ0n) is 24.1. The lowest BCUT2D eigenvalue weighted by molar-refractivity contribution is -0.140. The number of hydrogen-bond donors (Lipinski definition) is 1. The van der Waals surface area contributed by atoms with Gasteiger partial charge >= 0.3 is 6.18 Å². The highest BCUT2D eigenvalue weighted by Gasteiger charge is 2.35. The molecule has 0 aromatic heterocycles. The summed E-state index contributed by atoms with van der Waals surface area (Å²) in [6.45, 7) is 4.83. The van der Waals surface area contributed by atoms with Crippen LogP contribution < -0.4 is 9.62 Å². The quantitative estimate of drug-likeness (QED) is 0.303. The first-order valence-corrected chi connectivity index (χ1v) is 15.4. The maximum Gasteiger partial charge on any atom is 0.416 e. The molecule has 3 aromatic rings. The molecule has 42 heavy (non-hydrogen) atoms. The number of nitrogens with one attached hydrogen (secondary N) is 1. The van der Waals surface area contributed by atoms with Crippen LogP contribution in [0.25, 0.3) is 0 Å². The molecular formula is C31H36F3N3O4S. The van der Waals surface area contributed by atoms with Gasteiger partial charge in [-0.2, -0.15) is 13.2 Å². The van der Waals surface area contributed by atoms with Crippen molar-refractivity contribution in [3.05, 3.63) is 101 Å². The molecule has 7 nitrogen and oxygen atoms in total. The molecule has 2 amide bonds. The molecule has 11 heteroatoms. The molecule has 0 spiro atoms. The molecule has 0 aliphatic carbocycles. The number of halogens is 3. The van der Waals surface area contributed by atoms with Crippen LogP contribution in [0.4, 0.5) is 18.9 Å². The Bertz CT molecular complexity index is 1460. The lowest BCUT2D eigenvalue weighted by Gasteiger charge is -2.34. The predicted molar refractivity (Wildman–Crippen MR) is 157 cm³/mol. The first-order valence-electron chi connectivity index (χ1n) is 13.5. The maximum atomic E-state index is 14.0. The average molecular weight is 604 g/mol. The first kappa shape index (κ1) is 32.7. The summed E-state index contributed by atoms with van der Waals surface area (Å²) < 4.78 is 66.6. The van der Waals surface area contributed by atoms with E-state index >= 15 is 0 Å². The zero-order valence-corrected chi connectivity index (χ0v) is 24.9. The molecule has 3 aromatic carbocycles. The second-order valence-corrected chi connectivity index (χ2v) is 12.3. The molecule has 0 aliphatic heterocycles. The van der Waals surface area contributed by atoms with Crippen molar-refractivity contribution in [2.75, 3.05) is 17.1 Å². The summed E-state index contributed by atoms with van der Waals surface area (Å²) in [5.74, 6) is -1.16. The minimum absolute atomic E-state index is 0.0231. The van der Waals surface area contributed by atoms with Gasteiger partial charge in [0.2, 0.25) is 21.8 Å². The van der Waals surface area contributed by atoms with E-state index in [0.717, 1.165) is 29.5 Å². The summed E-state index contributed by atoms with van der Waals surface area (Å²) in [5, 5.41) is 2.93.